The van der Waals surface area contributed by atoms with E-state index < -0.39 is 23.8 Å². The van der Waals surface area contributed by atoms with Crippen LogP contribution in [0.3, 0.4) is 0 Å². The number of carbonyl (C=O) groups excluding carboxylic acids is 2. The molecule has 0 spiro atoms. The molecule has 2 aliphatic carbocycles. The van der Waals surface area contributed by atoms with Crippen molar-refractivity contribution >= 4 is 57.1 Å². The van der Waals surface area contributed by atoms with Crippen LogP contribution in [0.15, 0.2) is 118 Å². The molecule has 2 aliphatic heterocycles. The number of benzene rings is 6. The number of nitrogens with one attached hydrogen (secondary N) is 2. The number of hydrogen-bond donors (Lipinski definition) is 4. The molecule has 2 amide bonds. The van der Waals surface area contributed by atoms with Crippen molar-refractivity contribution in [3.05, 3.63) is 142 Å². The average Bonchev–Trinajstić information content (AvgIpc) is 0.754. The highest BCUT2D eigenvalue weighted by Gasteiger charge is 2.26. The Hall–Kier alpha value is -8.66. The first-order valence-corrected chi connectivity index (χ1v) is 32.0. The molecule has 0 fully saturated rings. The Morgan fingerprint density at radius 3 is 0.948 bits per heavy atom. The summed E-state index contributed by atoms with van der Waals surface area (Å²) in [6.07, 6.45) is 0. The van der Waals surface area contributed by atoms with Gasteiger partial charge in [0.05, 0.1) is 155 Å². The van der Waals surface area contributed by atoms with Crippen molar-refractivity contribution in [2.75, 3.05) is 211 Å². The smallest absolute Gasteiger partial charge is 0.336 e. The van der Waals surface area contributed by atoms with Crippen LogP contribution in [0.25, 0.3) is 66.8 Å². The first kappa shape index (κ1) is 73.2. The van der Waals surface area contributed by atoms with Crippen LogP contribution in [0.1, 0.15) is 41.4 Å². The number of carboxylic acids is 2. The van der Waals surface area contributed by atoms with Crippen molar-refractivity contribution in [1.82, 2.24) is 19.8 Å². The van der Waals surface area contributed by atoms with Crippen LogP contribution in [0, 0.1) is 0 Å². The Balaban J connectivity index is 0.573. The fraction of sp³-hybridized carbons (Fsp3) is 0.417. The highest BCUT2D eigenvalue weighted by atomic mass is 16.6. The van der Waals surface area contributed by atoms with E-state index in [1.165, 1.54) is 12.1 Å². The molecule has 0 atom stereocenters. The lowest BCUT2D eigenvalue weighted by Crippen LogP contribution is -2.28. The summed E-state index contributed by atoms with van der Waals surface area (Å²) >= 11 is 0. The summed E-state index contributed by atoms with van der Waals surface area (Å²) < 4.78 is 72.5. The quantitative estimate of drug-likeness (QED) is 0.0178. The number of hydrogen-bond acceptors (Lipinski definition) is 18. The average molecular weight is 1330 g/mol. The number of fused-ring (bicyclic) bond motifs is 4. The Labute approximate surface area is 558 Å². The zero-order chi connectivity index (χ0) is 68.3. The highest BCUT2D eigenvalue weighted by molar-refractivity contribution is 6.11. The predicted octanol–water partition coefficient (Wildman–Crippen LogP) is 6.64. The normalized spacial score (nSPS) is 11.5. The summed E-state index contributed by atoms with van der Waals surface area (Å²) in [4.78, 5) is 55.9. The Morgan fingerprint density at radius 1 is 0.375 bits per heavy atom. The molecule has 24 heteroatoms. The van der Waals surface area contributed by atoms with Gasteiger partial charge in [-0.3, -0.25) is 9.59 Å². The third-order valence-corrected chi connectivity index (χ3v) is 15.4. The van der Waals surface area contributed by atoms with Gasteiger partial charge in [0, 0.05) is 121 Å². The molecule has 4 N–H and O–H groups in total. The molecule has 24 nitrogen and oxygen atoms in total. The van der Waals surface area contributed by atoms with E-state index in [0.29, 0.717) is 164 Å². The molecule has 4 aromatic rings. The second-order valence-electron chi connectivity index (χ2n) is 23.0. The van der Waals surface area contributed by atoms with Gasteiger partial charge < -0.3 is 86.8 Å². The third kappa shape index (κ3) is 20.9. The van der Waals surface area contributed by atoms with E-state index in [4.69, 9.17) is 56.2 Å². The van der Waals surface area contributed by atoms with E-state index in [2.05, 4.69) is 10.6 Å². The second-order valence-corrected chi connectivity index (χ2v) is 23.0. The monoisotopic (exact) mass is 1330 g/mol. The lowest BCUT2D eigenvalue weighted by atomic mass is 9.89. The van der Waals surface area contributed by atoms with Crippen molar-refractivity contribution < 1.29 is 85.6 Å². The zero-order valence-electron chi connectivity index (χ0n) is 56.2. The molecule has 0 radical (unpaired) electrons. The molecule has 514 valence electrons. The number of nitrogens with zero attached hydrogens (tertiary/aromatic N) is 4. The van der Waals surface area contributed by atoms with Crippen LogP contribution in [-0.2, 0) is 47.4 Å². The summed E-state index contributed by atoms with van der Waals surface area (Å²) in [6, 6.07) is 32.8. The maximum Gasteiger partial charge on any atom is 0.336 e. The minimum Gasteiger partial charge on any atom is -0.478 e. The minimum absolute atomic E-state index is 0.00566. The largest absolute Gasteiger partial charge is 0.478 e. The van der Waals surface area contributed by atoms with E-state index in [0.717, 1.165) is 44.0 Å². The third-order valence-electron chi connectivity index (χ3n) is 15.4. The molecule has 0 unspecified atom stereocenters. The molecule has 8 rings (SSSR count). The summed E-state index contributed by atoms with van der Waals surface area (Å²) in [6.45, 7) is 8.04. The van der Waals surface area contributed by atoms with Crippen LogP contribution in [0.4, 0.5) is 11.4 Å². The summed E-state index contributed by atoms with van der Waals surface area (Å²) in [5.74, 6) is -1.94. The van der Waals surface area contributed by atoms with Crippen LogP contribution in [-0.4, -0.2) is 236 Å². The number of carbonyl (C=O) groups is 4. The van der Waals surface area contributed by atoms with Crippen LogP contribution < -0.4 is 40.3 Å². The predicted molar refractivity (Wildman–Crippen MR) is 366 cm³/mol. The van der Waals surface area contributed by atoms with Gasteiger partial charge in [0.2, 0.25) is 10.7 Å². The van der Waals surface area contributed by atoms with Crippen molar-refractivity contribution in [3.63, 3.8) is 0 Å². The number of aromatic carboxylic acids is 2. The minimum atomic E-state index is -1.16. The van der Waals surface area contributed by atoms with Gasteiger partial charge in [0.25, 0.3) is 11.8 Å². The van der Waals surface area contributed by atoms with E-state index in [9.17, 15) is 29.4 Å². The second kappa shape index (κ2) is 37.6. The molecule has 2 heterocycles. The molecule has 0 saturated carbocycles. The highest BCUT2D eigenvalue weighted by Crippen LogP contribution is 2.44. The first-order valence-electron chi connectivity index (χ1n) is 32.0. The van der Waals surface area contributed by atoms with Crippen molar-refractivity contribution in [3.8, 4) is 44.9 Å². The topological polar surface area (TPSA) is 264 Å². The standard InChI is InChI=1S/C72H88N6O18/c1-75(2)51-11-17-57-63(45-51)95-64-46-52(76(3)4)12-18-58(64)67(57)55-15-9-49(43-61(55)71(81)82)69(79)73-21-23-85-25-27-87-29-31-89-33-35-91-37-39-93-41-42-94-40-38-92-36-34-90-32-30-88-28-26-86-24-22-74-70(80)50-10-16-56(62(44-50)72(83)84)68-59-19-13-53(77(5)6)47-65(59)96-66-48-54(78(7)8)14-20-60(66)68/h9-20,43-48H,21-42H2,1-8H3,(H2-2,73,74,79,80,81,82,83,84)/p+2. The van der Waals surface area contributed by atoms with E-state index in [1.807, 2.05) is 148 Å². The van der Waals surface area contributed by atoms with E-state index in [1.54, 1.807) is 24.3 Å². The molecule has 0 aromatic heterocycles. The van der Waals surface area contributed by atoms with Crippen LogP contribution in [0.2, 0.25) is 0 Å². The van der Waals surface area contributed by atoms with Crippen molar-refractivity contribution in [2.24, 2.45) is 0 Å². The van der Waals surface area contributed by atoms with Crippen molar-refractivity contribution in [2.45, 2.75) is 0 Å². The van der Waals surface area contributed by atoms with Crippen LogP contribution >= 0.6 is 0 Å². The maximum absolute atomic E-state index is 13.2. The fourth-order valence-electron chi connectivity index (χ4n) is 10.3. The van der Waals surface area contributed by atoms with Gasteiger partial charge >= 0.3 is 11.9 Å². The number of amides is 2. The molecular weight excluding hydrogens is 1240 g/mol. The van der Waals surface area contributed by atoms with Gasteiger partial charge in [0.15, 0.2) is 0 Å². The molecule has 0 saturated heterocycles. The SMILES string of the molecule is CN(C)c1ccc2c(-c3ccc(C(=O)NCCOCCOCCOCCOCCOCCOCCOCCOCCOCCOCCNC(=O)c4ccc(-c5c6ccc(=[N+](C)C)cc-6oc6cc(N(C)C)ccc56)c(C(=O)O)c4)cc3C(=O)O)c3ccc(=[N+](C)C)cc-3oc2c1. The Kier molecular flexibility index (Phi) is 28.6. The van der Waals surface area contributed by atoms with Gasteiger partial charge in [-0.2, -0.15) is 0 Å². The molecule has 4 aromatic carbocycles. The zero-order valence-corrected chi connectivity index (χ0v) is 56.2. The summed E-state index contributed by atoms with van der Waals surface area (Å²) in [7, 11) is 15.5. The summed E-state index contributed by atoms with van der Waals surface area (Å²) in [5.41, 5.74) is 7.34. The van der Waals surface area contributed by atoms with Gasteiger partial charge in [-0.25, -0.2) is 18.7 Å². The summed E-state index contributed by atoms with van der Waals surface area (Å²) in [5, 5.41) is 29.8. The first-order chi connectivity index (χ1) is 46.5. The van der Waals surface area contributed by atoms with Gasteiger partial charge in [-0.05, 0) is 71.8 Å². The van der Waals surface area contributed by atoms with E-state index in [-0.39, 0.29) is 48.6 Å². The van der Waals surface area contributed by atoms with Crippen LogP contribution in [0.5, 0.6) is 0 Å². The fourth-order valence-corrected chi connectivity index (χ4v) is 10.3. The van der Waals surface area contributed by atoms with Gasteiger partial charge in [-0.1, -0.05) is 12.1 Å². The molecule has 96 heavy (non-hydrogen) atoms. The molecule has 4 aliphatic rings. The maximum atomic E-state index is 13.2. The molecular formula is C72H90N6O18+2. The number of carboxylic acid groups (broad SMARTS) is 2. The lowest BCUT2D eigenvalue weighted by Gasteiger charge is -2.19. The lowest BCUT2D eigenvalue weighted by molar-refractivity contribution is -0.0263. The van der Waals surface area contributed by atoms with Gasteiger partial charge in [-0.15, -0.1) is 0 Å². The Morgan fingerprint density at radius 2 is 0.667 bits per heavy atom. The number of anilines is 2. The molecule has 0 bridgehead atoms. The Bertz CT molecular complexity index is 3710. The van der Waals surface area contributed by atoms with Gasteiger partial charge in [0.1, 0.15) is 50.9 Å². The van der Waals surface area contributed by atoms with Crippen molar-refractivity contribution in [1.29, 1.82) is 0 Å². The number of ether oxygens (including phenoxy) is 10. The number of rotatable bonds is 41. The van der Waals surface area contributed by atoms with E-state index >= 15 is 0 Å².